The summed E-state index contributed by atoms with van der Waals surface area (Å²) in [5.74, 6) is -2.66. The molecule has 0 saturated heterocycles. The summed E-state index contributed by atoms with van der Waals surface area (Å²) >= 11 is 0. The van der Waals surface area contributed by atoms with E-state index in [1.807, 2.05) is 0 Å². The molecule has 6 unspecified atom stereocenters. The van der Waals surface area contributed by atoms with E-state index < -0.39 is 61.6 Å². The molecule has 0 saturated carbocycles. The summed E-state index contributed by atoms with van der Waals surface area (Å²) in [6, 6.07) is 0. The normalized spacial score (nSPS) is 18.4. The van der Waals surface area contributed by atoms with Gasteiger partial charge < -0.3 is 50.8 Å². The number of carbonyl (C=O) groups is 3. The molecule has 6 atom stereocenters. The van der Waals surface area contributed by atoms with Gasteiger partial charge in [0.1, 0.15) is 37.1 Å². The first-order valence-electron chi connectivity index (χ1n) is 6.06. The van der Waals surface area contributed by atoms with Crippen molar-refractivity contribution in [2.45, 2.75) is 36.6 Å². The Morgan fingerprint density at radius 1 is 0.870 bits per heavy atom. The van der Waals surface area contributed by atoms with Crippen LogP contribution in [-0.4, -0.2) is 114 Å². The second-order valence-corrected chi connectivity index (χ2v) is 4.21. The van der Waals surface area contributed by atoms with Gasteiger partial charge in [0.15, 0.2) is 18.2 Å². The number of aldehydes is 1. The molecule has 0 radical (unpaired) electrons. The van der Waals surface area contributed by atoms with E-state index in [1.165, 1.54) is 0 Å². The van der Waals surface area contributed by atoms with E-state index in [1.54, 1.807) is 0 Å². The topological polar surface area (TPSA) is 233 Å². The summed E-state index contributed by atoms with van der Waals surface area (Å²) in [6.45, 7) is -1.54. The number of hydrogen-bond donors (Lipinski definition) is 9. The molecule has 0 aromatic rings. The molecule has 0 rings (SSSR count). The first-order valence-corrected chi connectivity index (χ1v) is 6.06. The van der Waals surface area contributed by atoms with Crippen LogP contribution >= 0.6 is 0 Å². The number of ketones is 1. The molecule has 136 valence electrons. The second kappa shape index (κ2) is 12.0. The number of Topliss-reactive ketones (excluding diaryl/α,β-unsaturated/α-hetero) is 1. The zero-order chi connectivity index (χ0) is 18.7. The Balaban J connectivity index is 0. The average Bonchev–Trinajstić information content (AvgIpc) is 2.56. The number of aliphatic hydroxyl groups excluding tert-OH is 8. The van der Waals surface area contributed by atoms with Crippen LogP contribution in [0.3, 0.4) is 0 Å². The third kappa shape index (κ3) is 8.63. The van der Waals surface area contributed by atoms with E-state index in [4.69, 9.17) is 46.0 Å². The Labute approximate surface area is 129 Å². The van der Waals surface area contributed by atoms with Crippen LogP contribution in [0.5, 0.6) is 0 Å². The maximum Gasteiger partial charge on any atom is 0.335 e. The number of aliphatic hydroxyl groups is 8. The molecule has 0 aromatic carbocycles. The molecule has 0 amide bonds. The molecule has 0 bridgehead atoms. The van der Waals surface area contributed by atoms with Gasteiger partial charge in [-0.3, -0.25) is 4.79 Å². The Bertz CT molecular complexity index is 372. The third-order valence-electron chi connectivity index (χ3n) is 2.45. The van der Waals surface area contributed by atoms with E-state index >= 15 is 0 Å². The summed E-state index contributed by atoms with van der Waals surface area (Å²) in [7, 11) is 0. The Kier molecular flexibility index (Phi) is 12.4. The van der Waals surface area contributed by atoms with Crippen molar-refractivity contribution in [1.82, 2.24) is 0 Å². The van der Waals surface area contributed by atoms with Crippen LogP contribution in [0.2, 0.25) is 0 Å². The molecule has 23 heavy (non-hydrogen) atoms. The smallest absolute Gasteiger partial charge is 0.335 e. The lowest BCUT2D eigenvalue weighted by atomic mass is 10.0. The summed E-state index contributed by atoms with van der Waals surface area (Å²) in [4.78, 5) is 30.3. The van der Waals surface area contributed by atoms with Crippen molar-refractivity contribution < 1.29 is 60.3 Å². The fourth-order valence-electron chi connectivity index (χ4n) is 1.02. The fourth-order valence-corrected chi connectivity index (χ4v) is 1.02. The lowest BCUT2D eigenvalue weighted by Gasteiger charge is -2.21. The molecular weight excluding hydrogens is 324 g/mol. The first kappa shape index (κ1) is 23.8. The monoisotopic (exact) mass is 344 g/mol. The molecule has 12 nitrogen and oxygen atoms in total. The van der Waals surface area contributed by atoms with E-state index in [9.17, 15) is 14.4 Å². The van der Waals surface area contributed by atoms with Gasteiger partial charge in [-0.25, -0.2) is 4.79 Å². The van der Waals surface area contributed by atoms with Gasteiger partial charge in [-0.1, -0.05) is 0 Å². The minimum atomic E-state index is -2.25. The average molecular weight is 344 g/mol. The predicted molar refractivity (Wildman–Crippen MR) is 68.9 cm³/mol. The molecule has 0 spiro atoms. The van der Waals surface area contributed by atoms with E-state index in [-0.39, 0.29) is 6.29 Å². The van der Waals surface area contributed by atoms with Crippen LogP contribution in [0.1, 0.15) is 0 Å². The van der Waals surface area contributed by atoms with Crippen molar-refractivity contribution in [1.29, 1.82) is 0 Å². The van der Waals surface area contributed by atoms with Gasteiger partial charge in [0.25, 0.3) is 0 Å². The molecule has 0 heterocycles. The highest BCUT2D eigenvalue weighted by Gasteiger charge is 2.34. The number of carbonyl (C=O) groups excluding carboxylic acids is 2. The van der Waals surface area contributed by atoms with Crippen molar-refractivity contribution in [3.63, 3.8) is 0 Å². The SMILES string of the molecule is O=C(CO)C(O)C(O)CO.O=CC(O)C(O)C(O)C(O)C(=O)O. The molecule has 12 heteroatoms. The quantitative estimate of drug-likeness (QED) is 0.178. The van der Waals surface area contributed by atoms with E-state index in [0.29, 0.717) is 0 Å². The van der Waals surface area contributed by atoms with Gasteiger partial charge >= 0.3 is 5.97 Å². The highest BCUT2D eigenvalue weighted by atomic mass is 16.4. The maximum absolute atomic E-state index is 10.3. The first-order chi connectivity index (χ1) is 10.5. The van der Waals surface area contributed by atoms with Crippen molar-refractivity contribution in [3.05, 3.63) is 0 Å². The highest BCUT2D eigenvalue weighted by Crippen LogP contribution is 2.03. The zero-order valence-corrected chi connectivity index (χ0v) is 11.7. The minimum Gasteiger partial charge on any atom is -0.479 e. The van der Waals surface area contributed by atoms with Gasteiger partial charge in [-0.2, -0.15) is 0 Å². The van der Waals surface area contributed by atoms with E-state index in [2.05, 4.69) is 0 Å². The molecule has 0 aromatic heterocycles. The Morgan fingerprint density at radius 3 is 1.65 bits per heavy atom. The molecule has 0 aliphatic carbocycles. The van der Waals surface area contributed by atoms with Gasteiger partial charge in [0.05, 0.1) is 6.61 Å². The zero-order valence-electron chi connectivity index (χ0n) is 11.7. The Hall–Kier alpha value is -1.51. The lowest BCUT2D eigenvalue weighted by Crippen LogP contribution is -2.48. The van der Waals surface area contributed by atoms with E-state index in [0.717, 1.165) is 0 Å². The van der Waals surface area contributed by atoms with Gasteiger partial charge in [0, 0.05) is 0 Å². The van der Waals surface area contributed by atoms with Crippen molar-refractivity contribution in [2.24, 2.45) is 0 Å². The number of aliphatic carboxylic acids is 1. The van der Waals surface area contributed by atoms with Crippen LogP contribution in [0.4, 0.5) is 0 Å². The van der Waals surface area contributed by atoms with Gasteiger partial charge in [-0.15, -0.1) is 0 Å². The molecule has 0 aliphatic heterocycles. The predicted octanol–water partition coefficient (Wildman–Crippen LogP) is -6.02. The highest BCUT2D eigenvalue weighted by molar-refractivity contribution is 5.84. The summed E-state index contributed by atoms with van der Waals surface area (Å²) < 4.78 is 0. The summed E-state index contributed by atoms with van der Waals surface area (Å²) in [5, 5.41) is 76.8. The van der Waals surface area contributed by atoms with Crippen molar-refractivity contribution in [3.8, 4) is 0 Å². The van der Waals surface area contributed by atoms with Gasteiger partial charge in [-0.05, 0) is 0 Å². The maximum atomic E-state index is 10.3. The molecule has 9 N–H and O–H groups in total. The standard InChI is InChI=1S/C6H10O7.C5H10O5/c7-1-2(8)3(9)4(10)5(11)6(12)13;6-1-3(8)5(10)4(9)2-7/h1-5,8-11H,(H,12,13);3,5-8,10H,1-2H2. The summed E-state index contributed by atoms with van der Waals surface area (Å²) in [6.07, 6.45) is -11.6. The molecular formula is C11H20O12. The van der Waals surface area contributed by atoms with Crippen LogP contribution in [-0.2, 0) is 14.4 Å². The lowest BCUT2D eigenvalue weighted by molar-refractivity contribution is -0.163. The third-order valence-corrected chi connectivity index (χ3v) is 2.45. The minimum absolute atomic E-state index is 0.0809. The summed E-state index contributed by atoms with van der Waals surface area (Å²) in [5.41, 5.74) is 0. The number of carboxylic acids is 1. The Morgan fingerprint density at radius 2 is 1.35 bits per heavy atom. The second-order valence-electron chi connectivity index (χ2n) is 4.21. The fraction of sp³-hybridized carbons (Fsp3) is 0.727. The molecule has 0 fully saturated rings. The number of carboxylic acid groups (broad SMARTS) is 1. The van der Waals surface area contributed by atoms with Crippen LogP contribution in [0.15, 0.2) is 0 Å². The number of hydrogen-bond acceptors (Lipinski definition) is 11. The van der Waals surface area contributed by atoms with Crippen LogP contribution in [0, 0.1) is 0 Å². The van der Waals surface area contributed by atoms with Crippen LogP contribution in [0.25, 0.3) is 0 Å². The number of rotatable bonds is 9. The molecule has 0 aliphatic rings. The largest absolute Gasteiger partial charge is 0.479 e. The van der Waals surface area contributed by atoms with Crippen molar-refractivity contribution >= 4 is 18.0 Å². The van der Waals surface area contributed by atoms with Crippen LogP contribution < -0.4 is 0 Å². The van der Waals surface area contributed by atoms with Crippen molar-refractivity contribution in [2.75, 3.05) is 13.2 Å². The van der Waals surface area contributed by atoms with Gasteiger partial charge in [0.2, 0.25) is 0 Å².